The quantitative estimate of drug-likeness (QED) is 0.113. The van der Waals surface area contributed by atoms with Crippen molar-refractivity contribution in [2.75, 3.05) is 0 Å². The molecular weight excluding hydrogens is 837 g/mol. The summed E-state index contributed by atoms with van der Waals surface area (Å²) in [5, 5.41) is 4.26. The number of hydrogen-bond acceptors (Lipinski definition) is 4. The second-order valence-corrected chi connectivity index (χ2v) is 17.8. The fourth-order valence-electron chi connectivity index (χ4n) is 10.5. The van der Waals surface area contributed by atoms with E-state index in [-0.39, 0.29) is 0 Å². The van der Waals surface area contributed by atoms with Crippen molar-refractivity contribution in [3.05, 3.63) is 275 Å². The van der Waals surface area contributed by atoms with Crippen LogP contribution in [0, 0.1) is 0 Å². The van der Waals surface area contributed by atoms with Crippen LogP contribution in [-0.4, -0.2) is 19.9 Å². The van der Waals surface area contributed by atoms with Gasteiger partial charge < -0.3 is 0 Å². The van der Waals surface area contributed by atoms with Crippen molar-refractivity contribution in [1.82, 2.24) is 19.9 Å². The van der Waals surface area contributed by atoms with Gasteiger partial charge in [0.15, 0.2) is 0 Å². The Balaban J connectivity index is 1.07. The fourth-order valence-corrected chi connectivity index (χ4v) is 10.5. The molecule has 8 aromatic carbocycles. The van der Waals surface area contributed by atoms with Crippen molar-refractivity contribution >= 4 is 67.9 Å². The summed E-state index contributed by atoms with van der Waals surface area (Å²) >= 11 is 0. The Hall–Kier alpha value is -9.12. The van der Waals surface area contributed by atoms with Crippen molar-refractivity contribution in [2.24, 2.45) is 0 Å². The molecule has 4 heterocycles. The Kier molecular flexibility index (Phi) is 9.69. The molecule has 0 bridgehead atoms. The normalized spacial score (nSPS) is 12.9. The van der Waals surface area contributed by atoms with Crippen molar-refractivity contribution in [3.8, 4) is 33.6 Å². The fraction of sp³-hybridized carbons (Fsp3) is 0.0154. The largest absolute Gasteiger partial charge is 0.254 e. The third-order valence-corrected chi connectivity index (χ3v) is 13.8. The predicted octanol–water partition coefficient (Wildman–Crippen LogP) is 15.9. The molecule has 0 amide bonds. The molecule has 12 aromatic rings. The zero-order valence-corrected chi connectivity index (χ0v) is 37.5. The molecule has 0 spiro atoms. The number of fused-ring (bicyclic) bond motifs is 9. The van der Waals surface area contributed by atoms with Gasteiger partial charge in [-0.2, -0.15) is 0 Å². The lowest BCUT2D eigenvalue weighted by molar-refractivity contribution is 0.768. The summed E-state index contributed by atoms with van der Waals surface area (Å²) in [6.45, 7) is 0. The van der Waals surface area contributed by atoms with E-state index >= 15 is 0 Å². The SMILES string of the molecule is C(=C/c1ccc2c(c1)C(c1cccc(-c3ccc4ccc5cccnc5c4n3)c1)(c1cccc(-c3ccc4ccc5cccnc5c4n3)c1)c1cc(/C=C\c3ccccc3)ccc1-2)/c1ccccc1. The molecule has 1 aliphatic rings. The number of rotatable bonds is 8. The van der Waals surface area contributed by atoms with Gasteiger partial charge in [0, 0.05) is 45.1 Å². The highest BCUT2D eigenvalue weighted by Gasteiger charge is 2.46. The molecular formula is C65H42N4. The first kappa shape index (κ1) is 40.2. The van der Waals surface area contributed by atoms with Gasteiger partial charge in [-0.1, -0.05) is 194 Å². The molecule has 0 radical (unpaired) electrons. The number of benzene rings is 8. The molecule has 0 atom stereocenters. The summed E-state index contributed by atoms with van der Waals surface area (Å²) in [5.41, 5.74) is 18.4. The zero-order valence-electron chi connectivity index (χ0n) is 37.5. The third kappa shape index (κ3) is 7.01. The first-order valence-electron chi connectivity index (χ1n) is 23.4. The Morgan fingerprint density at radius 2 is 0.725 bits per heavy atom. The lowest BCUT2D eigenvalue weighted by Gasteiger charge is -2.35. The smallest absolute Gasteiger partial charge is 0.0972 e. The Morgan fingerprint density at radius 1 is 0.304 bits per heavy atom. The van der Waals surface area contributed by atoms with Crippen LogP contribution in [0.5, 0.6) is 0 Å². The van der Waals surface area contributed by atoms with E-state index in [4.69, 9.17) is 19.9 Å². The number of aromatic nitrogens is 4. The van der Waals surface area contributed by atoms with Gasteiger partial charge in [0.1, 0.15) is 0 Å². The Labute approximate surface area is 400 Å². The van der Waals surface area contributed by atoms with E-state index in [0.717, 1.165) is 99.5 Å². The van der Waals surface area contributed by atoms with Crippen LogP contribution in [0.2, 0.25) is 0 Å². The molecule has 322 valence electrons. The Morgan fingerprint density at radius 3 is 1.19 bits per heavy atom. The van der Waals surface area contributed by atoms with Crippen LogP contribution in [0.4, 0.5) is 0 Å². The van der Waals surface area contributed by atoms with Crippen LogP contribution in [0.15, 0.2) is 231 Å². The highest BCUT2D eigenvalue weighted by Crippen LogP contribution is 2.57. The molecule has 4 heteroatoms. The van der Waals surface area contributed by atoms with Gasteiger partial charge in [-0.05, 0) is 104 Å². The molecule has 0 saturated heterocycles. The van der Waals surface area contributed by atoms with E-state index in [1.807, 2.05) is 24.5 Å². The molecule has 0 fully saturated rings. The molecule has 1 aliphatic carbocycles. The molecule has 0 aliphatic heterocycles. The van der Waals surface area contributed by atoms with E-state index in [0.29, 0.717) is 0 Å². The molecule has 4 nitrogen and oxygen atoms in total. The predicted molar refractivity (Wildman–Crippen MR) is 287 cm³/mol. The maximum atomic E-state index is 5.37. The van der Waals surface area contributed by atoms with Crippen molar-refractivity contribution < 1.29 is 0 Å². The molecule has 4 aromatic heterocycles. The highest BCUT2D eigenvalue weighted by molar-refractivity contribution is 6.04. The summed E-state index contributed by atoms with van der Waals surface area (Å²) in [5.74, 6) is 0. The van der Waals surface area contributed by atoms with Crippen LogP contribution in [-0.2, 0) is 5.41 Å². The molecule has 69 heavy (non-hydrogen) atoms. The van der Waals surface area contributed by atoms with Gasteiger partial charge in [0.25, 0.3) is 0 Å². The van der Waals surface area contributed by atoms with Crippen molar-refractivity contribution in [3.63, 3.8) is 0 Å². The standard InChI is InChI=1S/C65H42N4/c1-3-11-43(12-4-1)21-23-45-25-33-55-56-34-26-46(24-22-44-13-5-2-6-14-44)40-58(56)65(57(55)39-45,53-19-7-15-51(41-53)59-35-31-49-29-27-47-17-9-37-66-61(47)63(49)68-59)54-20-8-16-52(42-54)60-36-32-50-30-28-48-18-10-38-67-62(48)64(50)69-60/h1-42H/b23-21-,24-22-. The lowest BCUT2D eigenvalue weighted by atomic mass is 9.66. The summed E-state index contributed by atoms with van der Waals surface area (Å²) in [6, 6.07) is 78.4. The van der Waals surface area contributed by atoms with Gasteiger partial charge >= 0.3 is 0 Å². The lowest BCUT2D eigenvalue weighted by Crippen LogP contribution is -2.29. The number of pyridine rings is 4. The average molecular weight is 879 g/mol. The summed E-state index contributed by atoms with van der Waals surface area (Å²) < 4.78 is 0. The highest BCUT2D eigenvalue weighted by atomic mass is 14.8. The first-order valence-corrected chi connectivity index (χ1v) is 23.4. The van der Waals surface area contributed by atoms with E-state index in [1.165, 1.54) is 22.3 Å². The third-order valence-electron chi connectivity index (χ3n) is 13.8. The van der Waals surface area contributed by atoms with Crippen molar-refractivity contribution in [2.45, 2.75) is 5.41 Å². The second-order valence-electron chi connectivity index (χ2n) is 17.8. The van der Waals surface area contributed by atoms with E-state index in [9.17, 15) is 0 Å². The number of hydrogen-bond donors (Lipinski definition) is 0. The van der Waals surface area contributed by atoms with Crippen LogP contribution >= 0.6 is 0 Å². The monoisotopic (exact) mass is 878 g/mol. The minimum atomic E-state index is -0.764. The molecule has 0 unspecified atom stereocenters. The van der Waals surface area contributed by atoms with Crippen LogP contribution in [0.3, 0.4) is 0 Å². The maximum absolute atomic E-state index is 5.37. The topological polar surface area (TPSA) is 51.6 Å². The summed E-state index contributed by atoms with van der Waals surface area (Å²) in [6.07, 6.45) is 12.6. The van der Waals surface area contributed by atoms with Gasteiger partial charge in [0.2, 0.25) is 0 Å². The van der Waals surface area contributed by atoms with Crippen molar-refractivity contribution in [1.29, 1.82) is 0 Å². The second kappa shape index (κ2) is 16.6. The van der Waals surface area contributed by atoms with Gasteiger partial charge in [0.05, 0.1) is 38.9 Å². The summed E-state index contributed by atoms with van der Waals surface area (Å²) in [7, 11) is 0. The van der Waals surface area contributed by atoms with E-state index < -0.39 is 5.41 Å². The van der Waals surface area contributed by atoms with Gasteiger partial charge in [-0.3, -0.25) is 9.97 Å². The zero-order chi connectivity index (χ0) is 45.7. The maximum Gasteiger partial charge on any atom is 0.0972 e. The molecule has 0 saturated carbocycles. The summed E-state index contributed by atoms with van der Waals surface area (Å²) in [4.78, 5) is 20.3. The van der Waals surface area contributed by atoms with Crippen LogP contribution in [0.25, 0.3) is 102 Å². The van der Waals surface area contributed by atoms with Crippen LogP contribution < -0.4 is 0 Å². The molecule has 13 rings (SSSR count). The first-order chi connectivity index (χ1) is 34.2. The van der Waals surface area contributed by atoms with Gasteiger partial charge in [-0.15, -0.1) is 0 Å². The van der Waals surface area contributed by atoms with E-state index in [2.05, 4.69) is 231 Å². The minimum Gasteiger partial charge on any atom is -0.254 e. The number of nitrogens with zero attached hydrogens (tertiary/aromatic N) is 4. The minimum absolute atomic E-state index is 0.764. The average Bonchev–Trinajstić information content (AvgIpc) is 3.71. The van der Waals surface area contributed by atoms with E-state index in [1.54, 1.807) is 0 Å². The Bertz CT molecular complexity index is 3760. The van der Waals surface area contributed by atoms with Gasteiger partial charge in [-0.25, -0.2) is 9.97 Å². The molecule has 0 N–H and O–H groups in total. The van der Waals surface area contributed by atoms with Crippen LogP contribution in [0.1, 0.15) is 44.5 Å².